The fraction of sp³-hybridized carbons (Fsp3) is 0.0909. The van der Waals surface area contributed by atoms with E-state index < -0.39 is 4.92 Å². The van der Waals surface area contributed by atoms with Crippen molar-refractivity contribution in [1.29, 1.82) is 0 Å². The number of hydrogen-bond donors (Lipinski definition) is 2. The molecule has 0 aliphatic carbocycles. The molecule has 0 atom stereocenters. The molecule has 0 saturated heterocycles. The molecule has 1 aromatic carbocycles. The Morgan fingerprint density at radius 1 is 1.40 bits per heavy atom. The molecule has 1 aromatic heterocycles. The van der Waals surface area contributed by atoms with Gasteiger partial charge in [0.1, 0.15) is 5.69 Å². The Morgan fingerprint density at radius 3 is 2.70 bits per heavy atom. The highest BCUT2D eigenvalue weighted by Crippen LogP contribution is 2.38. The van der Waals surface area contributed by atoms with Crippen LogP contribution >= 0.6 is 27.7 Å². The summed E-state index contributed by atoms with van der Waals surface area (Å²) in [4.78, 5) is 19.5. The van der Waals surface area contributed by atoms with Gasteiger partial charge in [-0.15, -0.1) is 0 Å². The first-order valence-corrected chi connectivity index (χ1v) is 7.06. The fourth-order valence-corrected chi connectivity index (χ4v) is 3.02. The van der Waals surface area contributed by atoms with Crippen LogP contribution in [0.2, 0.25) is 0 Å². The number of nitrogens with two attached hydrogens (primary N) is 1. The van der Waals surface area contributed by atoms with Crippen LogP contribution in [0, 0.1) is 17.0 Å². The van der Waals surface area contributed by atoms with Gasteiger partial charge in [-0.25, -0.2) is 10.8 Å². The zero-order valence-electron chi connectivity index (χ0n) is 10.3. The second-order valence-corrected chi connectivity index (χ2v) is 5.61. The Balaban J connectivity index is 2.52. The van der Waals surface area contributed by atoms with E-state index in [0.717, 1.165) is 9.37 Å². The van der Waals surface area contributed by atoms with Crippen LogP contribution < -0.4 is 11.3 Å². The Hall–Kier alpha value is -1.71. The van der Waals surface area contributed by atoms with E-state index in [1.807, 2.05) is 24.3 Å². The summed E-state index contributed by atoms with van der Waals surface area (Å²) in [6.07, 6.45) is 0. The van der Waals surface area contributed by atoms with Gasteiger partial charge >= 0.3 is 5.69 Å². The van der Waals surface area contributed by atoms with Gasteiger partial charge in [0.15, 0.2) is 5.03 Å². The van der Waals surface area contributed by atoms with Crippen molar-refractivity contribution in [2.75, 3.05) is 5.43 Å². The average molecular weight is 356 g/mol. The number of nitro groups is 1. The summed E-state index contributed by atoms with van der Waals surface area (Å²) in [5.74, 6) is 5.42. The normalized spacial score (nSPS) is 10.3. The molecule has 0 saturated carbocycles. The number of halogens is 1. The highest BCUT2D eigenvalue weighted by molar-refractivity contribution is 9.10. The van der Waals surface area contributed by atoms with Gasteiger partial charge < -0.3 is 0 Å². The Kier molecular flexibility index (Phi) is 4.53. The first-order valence-electron chi connectivity index (χ1n) is 5.45. The van der Waals surface area contributed by atoms with Gasteiger partial charge in [0.2, 0.25) is 5.95 Å². The molecule has 0 radical (unpaired) electrons. The van der Waals surface area contributed by atoms with Gasteiger partial charge in [-0.05, 0) is 35.0 Å². The SMILES string of the molecule is Cc1nc(NN)nc(Sc2ccccc2Br)c1[N+](=O)[O-]. The minimum absolute atomic E-state index is 0.121. The van der Waals surface area contributed by atoms with Gasteiger partial charge in [-0.2, -0.15) is 4.98 Å². The largest absolute Gasteiger partial charge is 0.322 e. The molecule has 0 amide bonds. The van der Waals surface area contributed by atoms with E-state index in [9.17, 15) is 10.1 Å². The zero-order valence-corrected chi connectivity index (χ0v) is 12.7. The number of hydrogen-bond acceptors (Lipinski definition) is 7. The molecule has 1 heterocycles. The molecule has 3 N–H and O–H groups in total. The lowest BCUT2D eigenvalue weighted by molar-refractivity contribution is -0.389. The van der Waals surface area contributed by atoms with Crippen molar-refractivity contribution >= 4 is 39.3 Å². The molecule has 104 valence electrons. The number of nitrogen functional groups attached to an aromatic ring is 1. The number of nitrogens with one attached hydrogen (secondary N) is 1. The first-order chi connectivity index (χ1) is 9.52. The number of nitrogens with zero attached hydrogens (tertiary/aromatic N) is 3. The smallest absolute Gasteiger partial charge is 0.292 e. The van der Waals surface area contributed by atoms with Crippen molar-refractivity contribution in [3.8, 4) is 0 Å². The third kappa shape index (κ3) is 3.06. The molecule has 7 nitrogen and oxygen atoms in total. The maximum Gasteiger partial charge on any atom is 0.322 e. The molecule has 2 rings (SSSR count). The van der Waals surface area contributed by atoms with E-state index in [2.05, 4.69) is 31.3 Å². The van der Waals surface area contributed by atoms with E-state index >= 15 is 0 Å². The number of aryl methyl sites for hydroxylation is 1. The van der Waals surface area contributed by atoms with Crippen LogP contribution in [0.4, 0.5) is 11.6 Å². The minimum Gasteiger partial charge on any atom is -0.292 e. The van der Waals surface area contributed by atoms with Crippen LogP contribution in [0.5, 0.6) is 0 Å². The molecule has 20 heavy (non-hydrogen) atoms. The molecule has 0 aliphatic heterocycles. The van der Waals surface area contributed by atoms with Gasteiger partial charge in [0.25, 0.3) is 0 Å². The van der Waals surface area contributed by atoms with E-state index in [1.54, 1.807) is 6.92 Å². The Bertz CT molecular complexity index is 667. The quantitative estimate of drug-likeness (QED) is 0.375. The number of rotatable bonds is 4. The molecule has 0 bridgehead atoms. The van der Waals surface area contributed by atoms with Crippen molar-refractivity contribution < 1.29 is 4.92 Å². The molecule has 9 heteroatoms. The zero-order chi connectivity index (χ0) is 14.7. The summed E-state index contributed by atoms with van der Waals surface area (Å²) in [7, 11) is 0. The highest BCUT2D eigenvalue weighted by Gasteiger charge is 2.23. The lowest BCUT2D eigenvalue weighted by Gasteiger charge is -2.07. The van der Waals surface area contributed by atoms with Crippen molar-refractivity contribution in [2.45, 2.75) is 16.8 Å². The van der Waals surface area contributed by atoms with Gasteiger partial charge in [-0.3, -0.25) is 15.5 Å². The summed E-state index contributed by atoms with van der Waals surface area (Å²) in [5, 5.41) is 11.4. The minimum atomic E-state index is -0.491. The molecule has 0 fully saturated rings. The standard InChI is InChI=1S/C11H10BrN5O2S/c1-6-9(17(18)19)10(15-11(14-6)16-13)20-8-5-3-2-4-7(8)12/h2-5H,13H2,1H3,(H,14,15,16). The summed E-state index contributed by atoms with van der Waals surface area (Å²) in [5.41, 5.74) is 2.44. The molecular weight excluding hydrogens is 346 g/mol. The monoisotopic (exact) mass is 355 g/mol. The molecule has 0 unspecified atom stereocenters. The molecule has 0 aliphatic rings. The van der Waals surface area contributed by atoms with Crippen molar-refractivity contribution in [3.05, 3.63) is 44.5 Å². The van der Waals surface area contributed by atoms with E-state index in [0.29, 0.717) is 0 Å². The van der Waals surface area contributed by atoms with Gasteiger partial charge in [0, 0.05) is 9.37 Å². The lowest BCUT2D eigenvalue weighted by Crippen LogP contribution is -2.12. The van der Waals surface area contributed by atoms with E-state index in [1.165, 1.54) is 11.8 Å². The summed E-state index contributed by atoms with van der Waals surface area (Å²) >= 11 is 4.57. The van der Waals surface area contributed by atoms with Crippen LogP contribution in [0.3, 0.4) is 0 Å². The molecule has 2 aromatic rings. The van der Waals surface area contributed by atoms with Gasteiger partial charge in [-0.1, -0.05) is 23.9 Å². The fourth-order valence-electron chi connectivity index (χ4n) is 1.52. The van der Waals surface area contributed by atoms with Crippen molar-refractivity contribution in [3.63, 3.8) is 0 Å². The van der Waals surface area contributed by atoms with Crippen molar-refractivity contribution in [2.24, 2.45) is 5.84 Å². The van der Waals surface area contributed by atoms with Crippen LogP contribution in [-0.2, 0) is 0 Å². The Morgan fingerprint density at radius 2 is 2.10 bits per heavy atom. The predicted molar refractivity (Wildman–Crippen MR) is 79.5 cm³/mol. The lowest BCUT2D eigenvalue weighted by atomic mass is 10.4. The summed E-state index contributed by atoms with van der Waals surface area (Å²) < 4.78 is 0.831. The summed E-state index contributed by atoms with van der Waals surface area (Å²) in [6, 6.07) is 7.39. The van der Waals surface area contributed by atoms with E-state index in [-0.39, 0.29) is 22.4 Å². The number of anilines is 1. The molecular formula is C11H10BrN5O2S. The second kappa shape index (κ2) is 6.16. The summed E-state index contributed by atoms with van der Waals surface area (Å²) in [6.45, 7) is 1.55. The maximum atomic E-state index is 11.2. The number of hydrazine groups is 1. The Labute approximate surface area is 127 Å². The number of aromatic nitrogens is 2. The van der Waals surface area contributed by atoms with Crippen molar-refractivity contribution in [1.82, 2.24) is 9.97 Å². The second-order valence-electron chi connectivity index (χ2n) is 3.72. The van der Waals surface area contributed by atoms with Crippen LogP contribution in [0.1, 0.15) is 5.69 Å². The highest BCUT2D eigenvalue weighted by atomic mass is 79.9. The average Bonchev–Trinajstić information content (AvgIpc) is 2.40. The third-order valence-corrected chi connectivity index (χ3v) is 4.39. The van der Waals surface area contributed by atoms with E-state index in [4.69, 9.17) is 5.84 Å². The first kappa shape index (κ1) is 14.7. The maximum absolute atomic E-state index is 11.2. The van der Waals surface area contributed by atoms with Crippen LogP contribution in [0.25, 0.3) is 0 Å². The number of benzene rings is 1. The molecule has 0 spiro atoms. The van der Waals surface area contributed by atoms with Gasteiger partial charge in [0.05, 0.1) is 4.92 Å². The third-order valence-electron chi connectivity index (χ3n) is 2.38. The van der Waals surface area contributed by atoms with Crippen LogP contribution in [0.15, 0.2) is 38.7 Å². The predicted octanol–water partition coefficient (Wildman–Crippen LogP) is 2.89. The topological polar surface area (TPSA) is 107 Å². The van der Waals surface area contributed by atoms with Crippen LogP contribution in [-0.4, -0.2) is 14.9 Å².